The summed E-state index contributed by atoms with van der Waals surface area (Å²) < 4.78 is 0. The number of anilines is 1. The first-order valence-corrected chi connectivity index (χ1v) is 8.20. The quantitative estimate of drug-likeness (QED) is 0.567. The zero-order chi connectivity index (χ0) is 18.1. The Hall–Kier alpha value is -3.60. The predicted molar refractivity (Wildman–Crippen MR) is 103 cm³/mol. The van der Waals surface area contributed by atoms with Crippen molar-refractivity contribution in [2.24, 2.45) is 0 Å². The van der Waals surface area contributed by atoms with Gasteiger partial charge in [0.2, 0.25) is 0 Å². The molecule has 126 valence electrons. The van der Waals surface area contributed by atoms with Crippen LogP contribution >= 0.6 is 0 Å². The Labute approximate surface area is 150 Å². The van der Waals surface area contributed by atoms with Crippen LogP contribution in [0.3, 0.4) is 0 Å². The molecule has 3 heterocycles. The van der Waals surface area contributed by atoms with Crippen molar-refractivity contribution in [2.45, 2.75) is 6.92 Å². The third kappa shape index (κ3) is 2.80. The van der Waals surface area contributed by atoms with Gasteiger partial charge in [0.1, 0.15) is 5.82 Å². The van der Waals surface area contributed by atoms with Gasteiger partial charge in [-0.3, -0.25) is 14.8 Å². The summed E-state index contributed by atoms with van der Waals surface area (Å²) in [7, 11) is 0. The van der Waals surface area contributed by atoms with E-state index in [-0.39, 0.29) is 11.6 Å². The van der Waals surface area contributed by atoms with Crippen LogP contribution < -0.4 is 5.73 Å². The zero-order valence-electron chi connectivity index (χ0n) is 14.2. The molecular weight excluding hydrogens is 324 g/mol. The van der Waals surface area contributed by atoms with E-state index in [9.17, 15) is 4.79 Å². The van der Waals surface area contributed by atoms with E-state index in [2.05, 4.69) is 15.0 Å². The zero-order valence-corrected chi connectivity index (χ0v) is 14.2. The van der Waals surface area contributed by atoms with Crippen molar-refractivity contribution in [2.75, 3.05) is 5.73 Å². The number of carbonyl (C=O) groups excluding carboxylic acids is 1. The summed E-state index contributed by atoms with van der Waals surface area (Å²) in [6.07, 6.45) is 5.21. The van der Waals surface area contributed by atoms with Crippen LogP contribution in [-0.4, -0.2) is 20.7 Å². The Morgan fingerprint density at radius 2 is 1.85 bits per heavy atom. The molecule has 0 unspecified atom stereocenters. The van der Waals surface area contributed by atoms with Crippen LogP contribution in [0.4, 0.5) is 5.82 Å². The van der Waals surface area contributed by atoms with E-state index >= 15 is 0 Å². The normalized spacial score (nSPS) is 10.8. The van der Waals surface area contributed by atoms with Gasteiger partial charge in [0, 0.05) is 35.1 Å². The number of nitrogens with zero attached hydrogens (tertiary/aromatic N) is 3. The number of rotatable bonds is 3. The number of benzene rings is 1. The highest BCUT2D eigenvalue weighted by molar-refractivity contribution is 6.01. The van der Waals surface area contributed by atoms with Crippen molar-refractivity contribution in [3.05, 3.63) is 72.7 Å². The molecule has 5 heteroatoms. The van der Waals surface area contributed by atoms with Gasteiger partial charge < -0.3 is 5.73 Å². The van der Waals surface area contributed by atoms with Crippen molar-refractivity contribution in [3.63, 3.8) is 0 Å². The second-order valence-corrected chi connectivity index (χ2v) is 6.03. The molecule has 26 heavy (non-hydrogen) atoms. The molecule has 5 nitrogen and oxygen atoms in total. The lowest BCUT2D eigenvalue weighted by Gasteiger charge is -2.13. The van der Waals surface area contributed by atoms with E-state index in [1.54, 1.807) is 18.6 Å². The first kappa shape index (κ1) is 15.9. The topological polar surface area (TPSA) is 81.8 Å². The van der Waals surface area contributed by atoms with Gasteiger partial charge in [-0.2, -0.15) is 0 Å². The number of pyridine rings is 3. The van der Waals surface area contributed by atoms with Crippen molar-refractivity contribution in [1.82, 2.24) is 15.0 Å². The molecule has 0 spiro atoms. The first-order valence-electron chi connectivity index (χ1n) is 8.20. The predicted octanol–water partition coefficient (Wildman–Crippen LogP) is 4.14. The molecule has 0 aliphatic heterocycles. The van der Waals surface area contributed by atoms with Gasteiger partial charge in [-0.1, -0.05) is 12.1 Å². The van der Waals surface area contributed by atoms with Gasteiger partial charge in [0.05, 0.1) is 16.8 Å². The summed E-state index contributed by atoms with van der Waals surface area (Å²) in [5.74, 6) is 0.110. The van der Waals surface area contributed by atoms with E-state index in [0.717, 1.165) is 27.6 Å². The number of carbonyl (C=O) groups is 1. The van der Waals surface area contributed by atoms with Crippen LogP contribution in [0.2, 0.25) is 0 Å². The summed E-state index contributed by atoms with van der Waals surface area (Å²) in [4.78, 5) is 25.0. The Kier molecular flexibility index (Phi) is 3.89. The van der Waals surface area contributed by atoms with Crippen LogP contribution in [0.15, 0.2) is 67.1 Å². The fourth-order valence-corrected chi connectivity index (χ4v) is 3.00. The van der Waals surface area contributed by atoms with Crippen molar-refractivity contribution in [1.29, 1.82) is 0 Å². The van der Waals surface area contributed by atoms with Crippen molar-refractivity contribution < 1.29 is 4.79 Å². The molecule has 0 aliphatic carbocycles. The van der Waals surface area contributed by atoms with Crippen LogP contribution in [0.25, 0.3) is 33.3 Å². The van der Waals surface area contributed by atoms with Crippen LogP contribution in [0.1, 0.15) is 17.3 Å². The minimum atomic E-state index is -0.114. The third-order valence-corrected chi connectivity index (χ3v) is 4.28. The lowest BCUT2D eigenvalue weighted by Crippen LogP contribution is -2.05. The smallest absolute Gasteiger partial charge is 0.163 e. The standard InChI is InChI=1S/C21H16N4O/c1-13(26)17-11-18(14-6-7-19-15(10-14)4-3-9-24-19)20(25-21(17)22)16-5-2-8-23-12-16/h2-12H,1H3,(H2,22,25). The lowest BCUT2D eigenvalue weighted by atomic mass is 9.96. The number of fused-ring (bicyclic) bond motifs is 1. The number of Topliss-reactive ketones (excluding diaryl/α,β-unsaturated/α-hetero) is 1. The molecule has 0 aliphatic rings. The SMILES string of the molecule is CC(=O)c1cc(-c2ccc3ncccc3c2)c(-c2cccnc2)nc1N. The lowest BCUT2D eigenvalue weighted by molar-refractivity contribution is 0.101. The van der Waals surface area contributed by atoms with Crippen molar-refractivity contribution in [3.8, 4) is 22.4 Å². The monoisotopic (exact) mass is 340 g/mol. The minimum absolute atomic E-state index is 0.114. The highest BCUT2D eigenvalue weighted by Gasteiger charge is 2.16. The third-order valence-electron chi connectivity index (χ3n) is 4.28. The Morgan fingerprint density at radius 3 is 2.62 bits per heavy atom. The maximum Gasteiger partial charge on any atom is 0.163 e. The van der Waals surface area contributed by atoms with Gasteiger partial charge in [0.15, 0.2) is 5.78 Å². The van der Waals surface area contributed by atoms with E-state index in [0.29, 0.717) is 11.3 Å². The Balaban J connectivity index is 2.00. The average molecular weight is 340 g/mol. The van der Waals surface area contributed by atoms with E-state index in [4.69, 9.17) is 5.73 Å². The Bertz CT molecular complexity index is 1120. The molecule has 0 saturated heterocycles. The van der Waals surface area contributed by atoms with Gasteiger partial charge >= 0.3 is 0 Å². The van der Waals surface area contributed by atoms with Gasteiger partial charge in [-0.05, 0) is 48.9 Å². The van der Waals surface area contributed by atoms with Gasteiger partial charge in [-0.15, -0.1) is 0 Å². The van der Waals surface area contributed by atoms with Crippen LogP contribution in [-0.2, 0) is 0 Å². The summed E-state index contributed by atoms with van der Waals surface area (Å²) in [5.41, 5.74) is 10.7. The molecule has 0 bridgehead atoms. The van der Waals surface area contributed by atoms with E-state index < -0.39 is 0 Å². The van der Waals surface area contributed by atoms with Crippen LogP contribution in [0.5, 0.6) is 0 Å². The molecule has 4 aromatic rings. The fourth-order valence-electron chi connectivity index (χ4n) is 3.00. The number of ketones is 1. The fraction of sp³-hybridized carbons (Fsp3) is 0.0476. The maximum absolute atomic E-state index is 12.0. The van der Waals surface area contributed by atoms with E-state index in [1.165, 1.54) is 6.92 Å². The molecule has 0 saturated carbocycles. The number of hydrogen-bond acceptors (Lipinski definition) is 5. The molecule has 3 aromatic heterocycles. The number of aromatic nitrogens is 3. The molecule has 0 amide bonds. The maximum atomic E-state index is 12.0. The number of nitrogens with two attached hydrogens (primary N) is 1. The largest absolute Gasteiger partial charge is 0.383 e. The van der Waals surface area contributed by atoms with Crippen LogP contribution in [0, 0.1) is 0 Å². The molecule has 1 aromatic carbocycles. The summed E-state index contributed by atoms with van der Waals surface area (Å²) >= 11 is 0. The van der Waals surface area contributed by atoms with E-state index in [1.807, 2.05) is 48.5 Å². The molecule has 0 fully saturated rings. The van der Waals surface area contributed by atoms with Gasteiger partial charge in [0.25, 0.3) is 0 Å². The Morgan fingerprint density at radius 1 is 1.00 bits per heavy atom. The minimum Gasteiger partial charge on any atom is -0.383 e. The van der Waals surface area contributed by atoms with Gasteiger partial charge in [-0.25, -0.2) is 4.98 Å². The molecule has 0 atom stereocenters. The summed E-state index contributed by atoms with van der Waals surface area (Å²) in [6, 6.07) is 15.5. The molecule has 2 N–H and O–H groups in total. The highest BCUT2D eigenvalue weighted by atomic mass is 16.1. The molecular formula is C21H16N4O. The number of nitrogen functional groups attached to an aromatic ring is 1. The second-order valence-electron chi connectivity index (χ2n) is 6.03. The summed E-state index contributed by atoms with van der Waals surface area (Å²) in [6.45, 7) is 1.49. The second kappa shape index (κ2) is 6.37. The first-order chi connectivity index (χ1) is 12.6. The molecule has 4 rings (SSSR count). The molecule has 0 radical (unpaired) electrons. The number of hydrogen-bond donors (Lipinski definition) is 1. The highest BCUT2D eigenvalue weighted by Crippen LogP contribution is 2.34. The summed E-state index contributed by atoms with van der Waals surface area (Å²) in [5, 5.41) is 1.02. The van der Waals surface area contributed by atoms with Crippen molar-refractivity contribution >= 4 is 22.5 Å². The average Bonchev–Trinajstić information content (AvgIpc) is 2.68.